The molecular weight excluding hydrogens is 297 g/mol. The van der Waals surface area contributed by atoms with Gasteiger partial charge in [0.25, 0.3) is 0 Å². The van der Waals surface area contributed by atoms with Crippen LogP contribution in [0.2, 0.25) is 0 Å². The number of rotatable bonds is 4. The second-order valence-electron chi connectivity index (χ2n) is 6.21. The van der Waals surface area contributed by atoms with Gasteiger partial charge in [0.05, 0.1) is 24.9 Å². The number of likely N-dealkylation sites (tertiary alicyclic amines) is 1. The maximum atomic E-state index is 13.1. The molecule has 0 radical (unpaired) electrons. The molecule has 0 aliphatic carbocycles. The first-order valence-corrected chi connectivity index (χ1v) is 7.77. The molecule has 0 bridgehead atoms. The van der Waals surface area contributed by atoms with Crippen LogP contribution in [0.5, 0.6) is 0 Å². The van der Waals surface area contributed by atoms with Crippen LogP contribution in [0.15, 0.2) is 30.5 Å². The number of aryl methyl sites for hydroxylation is 1. The number of aromatic nitrogens is 2. The third kappa shape index (κ3) is 3.02. The SMILES string of the molecule is Cc1c(CN2C[C@H](c3ccc(F)cc3)[C@@H](O)[C@H]2CO)cnn1C. The van der Waals surface area contributed by atoms with Gasteiger partial charge in [-0.2, -0.15) is 5.10 Å². The zero-order chi connectivity index (χ0) is 16.6. The van der Waals surface area contributed by atoms with Crippen LogP contribution in [0.1, 0.15) is 22.7 Å². The molecule has 2 heterocycles. The van der Waals surface area contributed by atoms with Gasteiger partial charge in [-0.1, -0.05) is 12.1 Å². The molecule has 2 aromatic rings. The Kier molecular flexibility index (Phi) is 4.48. The third-order valence-corrected chi connectivity index (χ3v) is 4.90. The van der Waals surface area contributed by atoms with E-state index in [2.05, 4.69) is 10.00 Å². The second-order valence-corrected chi connectivity index (χ2v) is 6.21. The average molecular weight is 319 g/mol. The number of benzene rings is 1. The van der Waals surface area contributed by atoms with Gasteiger partial charge in [0.1, 0.15) is 5.82 Å². The molecule has 1 aliphatic heterocycles. The summed E-state index contributed by atoms with van der Waals surface area (Å²) < 4.78 is 14.9. The summed E-state index contributed by atoms with van der Waals surface area (Å²) in [6.45, 7) is 3.13. The van der Waals surface area contributed by atoms with Crippen LogP contribution >= 0.6 is 0 Å². The summed E-state index contributed by atoms with van der Waals surface area (Å²) >= 11 is 0. The number of halogens is 1. The number of hydrogen-bond acceptors (Lipinski definition) is 4. The molecule has 6 heteroatoms. The van der Waals surface area contributed by atoms with Crippen molar-refractivity contribution >= 4 is 0 Å². The Labute approximate surface area is 135 Å². The molecule has 3 rings (SSSR count). The van der Waals surface area contributed by atoms with Crippen LogP contribution < -0.4 is 0 Å². The Morgan fingerprint density at radius 2 is 2.00 bits per heavy atom. The van der Waals surface area contributed by atoms with Gasteiger partial charge in [0.15, 0.2) is 0 Å². The van der Waals surface area contributed by atoms with Crippen molar-refractivity contribution < 1.29 is 14.6 Å². The molecule has 0 saturated carbocycles. The highest BCUT2D eigenvalue weighted by Gasteiger charge is 2.41. The summed E-state index contributed by atoms with van der Waals surface area (Å²) in [5.74, 6) is -0.424. The zero-order valence-corrected chi connectivity index (χ0v) is 13.4. The molecule has 3 atom stereocenters. The average Bonchev–Trinajstić information content (AvgIpc) is 3.02. The number of hydrogen-bond donors (Lipinski definition) is 2. The van der Waals surface area contributed by atoms with Gasteiger partial charge in [-0.05, 0) is 24.6 Å². The van der Waals surface area contributed by atoms with Gasteiger partial charge in [-0.3, -0.25) is 9.58 Å². The molecule has 0 amide bonds. The maximum absolute atomic E-state index is 13.1. The molecule has 2 N–H and O–H groups in total. The van der Waals surface area contributed by atoms with E-state index in [1.54, 1.807) is 12.1 Å². The van der Waals surface area contributed by atoms with Crippen molar-refractivity contribution in [1.29, 1.82) is 0 Å². The lowest BCUT2D eigenvalue weighted by Gasteiger charge is -2.23. The Hall–Kier alpha value is -1.76. The maximum Gasteiger partial charge on any atom is 0.123 e. The summed E-state index contributed by atoms with van der Waals surface area (Å²) in [5, 5.41) is 24.5. The van der Waals surface area contributed by atoms with Crippen molar-refractivity contribution in [3.63, 3.8) is 0 Å². The minimum absolute atomic E-state index is 0.113. The smallest absolute Gasteiger partial charge is 0.123 e. The van der Waals surface area contributed by atoms with Gasteiger partial charge < -0.3 is 10.2 Å². The van der Waals surface area contributed by atoms with E-state index < -0.39 is 6.10 Å². The first-order valence-electron chi connectivity index (χ1n) is 7.77. The lowest BCUT2D eigenvalue weighted by Crippen LogP contribution is -2.38. The molecule has 1 saturated heterocycles. The van der Waals surface area contributed by atoms with E-state index in [4.69, 9.17) is 0 Å². The summed E-state index contributed by atoms with van der Waals surface area (Å²) in [4.78, 5) is 2.07. The summed E-state index contributed by atoms with van der Waals surface area (Å²) in [6.07, 6.45) is 1.14. The Morgan fingerprint density at radius 3 is 2.57 bits per heavy atom. The van der Waals surface area contributed by atoms with Crippen molar-refractivity contribution in [3.8, 4) is 0 Å². The van der Waals surface area contributed by atoms with Crippen LogP contribution in [0, 0.1) is 12.7 Å². The number of aliphatic hydroxyl groups is 2. The number of nitrogens with zero attached hydrogens (tertiary/aromatic N) is 3. The summed E-state index contributed by atoms with van der Waals surface area (Å²) in [7, 11) is 1.89. The monoisotopic (exact) mass is 319 g/mol. The Morgan fingerprint density at radius 1 is 1.30 bits per heavy atom. The van der Waals surface area contributed by atoms with Gasteiger partial charge in [0.2, 0.25) is 0 Å². The van der Waals surface area contributed by atoms with E-state index in [0.29, 0.717) is 13.1 Å². The molecule has 23 heavy (non-hydrogen) atoms. The van der Waals surface area contributed by atoms with Gasteiger partial charge >= 0.3 is 0 Å². The second kappa shape index (κ2) is 6.39. The van der Waals surface area contributed by atoms with Crippen molar-refractivity contribution in [2.75, 3.05) is 13.2 Å². The fourth-order valence-corrected chi connectivity index (χ4v) is 3.32. The topological polar surface area (TPSA) is 61.5 Å². The normalized spacial score (nSPS) is 25.2. The van der Waals surface area contributed by atoms with Gasteiger partial charge in [0, 0.05) is 37.3 Å². The van der Waals surface area contributed by atoms with Crippen molar-refractivity contribution in [2.24, 2.45) is 7.05 Å². The lowest BCUT2D eigenvalue weighted by atomic mass is 9.94. The summed E-state index contributed by atoms with van der Waals surface area (Å²) in [6, 6.07) is 5.89. The van der Waals surface area contributed by atoms with E-state index in [-0.39, 0.29) is 24.4 Å². The molecule has 0 unspecified atom stereocenters. The highest BCUT2D eigenvalue weighted by molar-refractivity contribution is 5.25. The van der Waals surface area contributed by atoms with Crippen LogP contribution in [0.3, 0.4) is 0 Å². The first kappa shape index (κ1) is 16.1. The molecule has 124 valence electrons. The fraction of sp³-hybridized carbons (Fsp3) is 0.471. The quantitative estimate of drug-likeness (QED) is 0.889. The van der Waals surface area contributed by atoms with Crippen molar-refractivity contribution in [3.05, 3.63) is 53.1 Å². The van der Waals surface area contributed by atoms with E-state index in [9.17, 15) is 14.6 Å². The highest BCUT2D eigenvalue weighted by atomic mass is 19.1. The molecule has 1 aromatic carbocycles. The van der Waals surface area contributed by atoms with E-state index in [1.807, 2.05) is 24.9 Å². The van der Waals surface area contributed by atoms with Crippen LogP contribution in [-0.2, 0) is 13.6 Å². The van der Waals surface area contributed by atoms with E-state index >= 15 is 0 Å². The minimum atomic E-state index is -0.678. The highest BCUT2D eigenvalue weighted by Crippen LogP contribution is 2.33. The molecular formula is C17H22FN3O2. The minimum Gasteiger partial charge on any atom is -0.395 e. The van der Waals surface area contributed by atoms with Crippen LogP contribution in [0.4, 0.5) is 4.39 Å². The predicted molar refractivity (Wildman–Crippen MR) is 84.4 cm³/mol. The van der Waals surface area contributed by atoms with Crippen molar-refractivity contribution in [2.45, 2.75) is 31.5 Å². The van der Waals surface area contributed by atoms with Crippen LogP contribution in [-0.4, -0.2) is 50.2 Å². The first-order chi connectivity index (χ1) is 11.0. The lowest BCUT2D eigenvalue weighted by molar-refractivity contribution is 0.0640. The predicted octanol–water partition coefficient (Wildman–Crippen LogP) is 1.19. The zero-order valence-electron chi connectivity index (χ0n) is 13.4. The molecule has 1 aliphatic rings. The number of aliphatic hydroxyl groups excluding tert-OH is 2. The molecule has 5 nitrogen and oxygen atoms in total. The molecule has 1 fully saturated rings. The third-order valence-electron chi connectivity index (χ3n) is 4.90. The van der Waals surface area contributed by atoms with Crippen LogP contribution in [0.25, 0.3) is 0 Å². The Balaban J connectivity index is 1.81. The van der Waals surface area contributed by atoms with E-state index in [1.165, 1.54) is 12.1 Å². The standard InChI is InChI=1S/C17H22FN3O2/c1-11-13(7-19-20(11)2)8-21-9-15(17(23)16(21)10-22)12-3-5-14(18)6-4-12/h3-7,15-17,22-23H,8-10H2,1-2H3/t15-,16-,17-/m1/s1. The Bertz CT molecular complexity index is 671. The van der Waals surface area contributed by atoms with E-state index in [0.717, 1.165) is 16.8 Å². The largest absolute Gasteiger partial charge is 0.395 e. The molecule has 0 spiro atoms. The molecule has 1 aromatic heterocycles. The van der Waals surface area contributed by atoms with Gasteiger partial charge in [-0.15, -0.1) is 0 Å². The van der Waals surface area contributed by atoms with Gasteiger partial charge in [-0.25, -0.2) is 4.39 Å². The van der Waals surface area contributed by atoms with Crippen molar-refractivity contribution in [1.82, 2.24) is 14.7 Å². The summed E-state index contributed by atoms with van der Waals surface area (Å²) in [5.41, 5.74) is 3.04. The fourth-order valence-electron chi connectivity index (χ4n) is 3.32.